The van der Waals surface area contributed by atoms with Gasteiger partial charge < -0.3 is 14.7 Å². The lowest BCUT2D eigenvalue weighted by molar-refractivity contribution is 0.379. The van der Waals surface area contributed by atoms with E-state index >= 15 is 0 Å². The Balaban J connectivity index is 2.11. The third kappa shape index (κ3) is 1.38. The van der Waals surface area contributed by atoms with Crippen molar-refractivity contribution < 1.29 is 8.94 Å². The number of rotatable bonds is 2. The number of benzene rings is 1. The Morgan fingerprint density at radius 1 is 1.25 bits per heavy atom. The second kappa shape index (κ2) is 3.46. The maximum atomic E-state index is 5.59. The summed E-state index contributed by atoms with van der Waals surface area (Å²) >= 11 is 0. The summed E-state index contributed by atoms with van der Waals surface area (Å²) < 4.78 is 10.5. The van der Waals surface area contributed by atoms with Gasteiger partial charge in [-0.05, 0) is 12.1 Å². The lowest BCUT2D eigenvalue weighted by Crippen LogP contribution is -1.95. The number of hydrogen-bond donors (Lipinski definition) is 1. The van der Waals surface area contributed by atoms with E-state index in [1.807, 2.05) is 30.3 Å². The van der Waals surface area contributed by atoms with Crippen LogP contribution >= 0.6 is 0 Å². The van der Waals surface area contributed by atoms with E-state index in [1.165, 1.54) is 0 Å². The summed E-state index contributed by atoms with van der Waals surface area (Å²) in [4.78, 5) is 4.10. The standard InChI is InChI=1S/C11H9N3O2/c12-6-10-13-11(14-16-10)9-5-7-3-1-2-4-8(7)15-9/h1-5H,6,12H2. The molecule has 0 unspecified atom stereocenters. The average Bonchev–Trinajstić information content (AvgIpc) is 2.95. The molecular formula is C11H9N3O2. The monoisotopic (exact) mass is 215 g/mol. The van der Waals surface area contributed by atoms with Crippen LogP contribution in [0.3, 0.4) is 0 Å². The molecule has 0 saturated carbocycles. The summed E-state index contributed by atoms with van der Waals surface area (Å²) in [6.07, 6.45) is 0. The molecule has 0 bridgehead atoms. The molecule has 0 aliphatic carbocycles. The van der Waals surface area contributed by atoms with Crippen molar-refractivity contribution in [3.63, 3.8) is 0 Å². The molecule has 2 aromatic heterocycles. The molecule has 5 nitrogen and oxygen atoms in total. The summed E-state index contributed by atoms with van der Waals surface area (Å²) in [6.45, 7) is 0.229. The molecule has 1 aromatic carbocycles. The van der Waals surface area contributed by atoms with Gasteiger partial charge in [0.05, 0.1) is 6.54 Å². The highest BCUT2D eigenvalue weighted by Crippen LogP contribution is 2.25. The second-order valence-corrected chi connectivity index (χ2v) is 3.36. The van der Waals surface area contributed by atoms with Crippen molar-refractivity contribution in [2.24, 2.45) is 5.73 Å². The van der Waals surface area contributed by atoms with Gasteiger partial charge in [0, 0.05) is 5.39 Å². The van der Waals surface area contributed by atoms with Crippen molar-refractivity contribution in [3.8, 4) is 11.6 Å². The molecule has 16 heavy (non-hydrogen) atoms. The minimum Gasteiger partial charge on any atom is -0.453 e. The Morgan fingerprint density at radius 3 is 2.88 bits per heavy atom. The maximum Gasteiger partial charge on any atom is 0.240 e. The molecule has 0 atom stereocenters. The van der Waals surface area contributed by atoms with Crippen LogP contribution in [0.2, 0.25) is 0 Å². The second-order valence-electron chi connectivity index (χ2n) is 3.36. The third-order valence-electron chi connectivity index (χ3n) is 2.29. The van der Waals surface area contributed by atoms with Crippen molar-refractivity contribution in [3.05, 3.63) is 36.2 Å². The molecule has 0 saturated heterocycles. The first-order valence-corrected chi connectivity index (χ1v) is 4.88. The fraction of sp³-hybridized carbons (Fsp3) is 0.0909. The zero-order valence-electron chi connectivity index (χ0n) is 8.38. The zero-order valence-corrected chi connectivity index (χ0v) is 8.38. The van der Waals surface area contributed by atoms with E-state index in [-0.39, 0.29) is 6.54 Å². The van der Waals surface area contributed by atoms with Crippen LogP contribution in [-0.4, -0.2) is 10.1 Å². The van der Waals surface area contributed by atoms with E-state index in [0.717, 1.165) is 11.0 Å². The normalized spacial score (nSPS) is 11.1. The van der Waals surface area contributed by atoms with Crippen LogP contribution in [0, 0.1) is 0 Å². The maximum absolute atomic E-state index is 5.59. The number of hydrogen-bond acceptors (Lipinski definition) is 5. The van der Waals surface area contributed by atoms with E-state index in [0.29, 0.717) is 17.5 Å². The molecule has 0 aliphatic heterocycles. The Morgan fingerprint density at radius 2 is 2.12 bits per heavy atom. The topological polar surface area (TPSA) is 78.1 Å². The molecule has 0 spiro atoms. The molecule has 0 amide bonds. The quantitative estimate of drug-likeness (QED) is 0.706. The largest absolute Gasteiger partial charge is 0.453 e. The highest BCUT2D eigenvalue weighted by molar-refractivity contribution is 5.81. The predicted octanol–water partition coefficient (Wildman–Crippen LogP) is 1.94. The molecule has 3 aromatic rings. The van der Waals surface area contributed by atoms with Gasteiger partial charge in [0.25, 0.3) is 0 Å². The summed E-state index contributed by atoms with van der Waals surface area (Å²) in [5, 5.41) is 4.80. The SMILES string of the molecule is NCc1nc(-c2cc3ccccc3o2)no1. The third-order valence-corrected chi connectivity index (χ3v) is 2.29. The number of nitrogens with zero attached hydrogens (tertiary/aromatic N) is 2. The Kier molecular flexibility index (Phi) is 1.97. The minimum absolute atomic E-state index is 0.229. The van der Waals surface area contributed by atoms with Crippen LogP contribution in [0.1, 0.15) is 5.89 Å². The van der Waals surface area contributed by atoms with Crippen LogP contribution in [0.25, 0.3) is 22.6 Å². The lowest BCUT2D eigenvalue weighted by atomic mass is 10.2. The average molecular weight is 215 g/mol. The molecule has 80 valence electrons. The number of fused-ring (bicyclic) bond motifs is 1. The van der Waals surface area contributed by atoms with Crippen LogP contribution in [-0.2, 0) is 6.54 Å². The van der Waals surface area contributed by atoms with Crippen molar-refractivity contribution >= 4 is 11.0 Å². The molecule has 2 N–H and O–H groups in total. The number of nitrogens with two attached hydrogens (primary N) is 1. The van der Waals surface area contributed by atoms with Crippen LogP contribution in [0.15, 0.2) is 39.3 Å². The van der Waals surface area contributed by atoms with Crippen LogP contribution in [0.5, 0.6) is 0 Å². The van der Waals surface area contributed by atoms with Gasteiger partial charge in [0.15, 0.2) is 5.76 Å². The van der Waals surface area contributed by atoms with Gasteiger partial charge in [-0.15, -0.1) is 0 Å². The zero-order chi connectivity index (χ0) is 11.0. The van der Waals surface area contributed by atoms with Crippen molar-refractivity contribution in [1.82, 2.24) is 10.1 Å². The van der Waals surface area contributed by atoms with E-state index in [2.05, 4.69) is 10.1 Å². The molecule has 0 aliphatic rings. The van der Waals surface area contributed by atoms with E-state index < -0.39 is 0 Å². The molecule has 5 heteroatoms. The molecule has 2 heterocycles. The summed E-state index contributed by atoms with van der Waals surface area (Å²) in [7, 11) is 0. The van der Waals surface area contributed by atoms with Gasteiger partial charge in [-0.25, -0.2) is 0 Å². The predicted molar refractivity (Wildman–Crippen MR) is 57.4 cm³/mol. The minimum atomic E-state index is 0.229. The van der Waals surface area contributed by atoms with Gasteiger partial charge >= 0.3 is 0 Å². The number of aromatic nitrogens is 2. The first kappa shape index (κ1) is 9.11. The fourth-order valence-corrected chi connectivity index (χ4v) is 1.53. The van der Waals surface area contributed by atoms with Gasteiger partial charge in [0.2, 0.25) is 11.7 Å². The lowest BCUT2D eigenvalue weighted by Gasteiger charge is -1.84. The highest BCUT2D eigenvalue weighted by Gasteiger charge is 2.12. The highest BCUT2D eigenvalue weighted by atomic mass is 16.5. The summed E-state index contributed by atoms with van der Waals surface area (Å²) in [6, 6.07) is 9.59. The van der Waals surface area contributed by atoms with E-state index in [1.54, 1.807) is 0 Å². The van der Waals surface area contributed by atoms with Crippen molar-refractivity contribution in [2.75, 3.05) is 0 Å². The van der Waals surface area contributed by atoms with Crippen LogP contribution < -0.4 is 5.73 Å². The first-order chi connectivity index (χ1) is 7.86. The van der Waals surface area contributed by atoms with Crippen molar-refractivity contribution in [2.45, 2.75) is 6.54 Å². The molecular weight excluding hydrogens is 206 g/mol. The van der Waals surface area contributed by atoms with Gasteiger partial charge in [-0.1, -0.05) is 23.4 Å². The fourth-order valence-electron chi connectivity index (χ4n) is 1.53. The van der Waals surface area contributed by atoms with Gasteiger partial charge in [-0.3, -0.25) is 0 Å². The van der Waals surface area contributed by atoms with Gasteiger partial charge in [0.1, 0.15) is 5.58 Å². The van der Waals surface area contributed by atoms with Gasteiger partial charge in [-0.2, -0.15) is 4.98 Å². The number of para-hydroxylation sites is 1. The first-order valence-electron chi connectivity index (χ1n) is 4.88. The molecule has 0 radical (unpaired) electrons. The Labute approximate surface area is 90.9 Å². The molecule has 0 fully saturated rings. The molecule has 3 rings (SSSR count). The van der Waals surface area contributed by atoms with E-state index in [4.69, 9.17) is 14.7 Å². The van der Waals surface area contributed by atoms with Crippen molar-refractivity contribution in [1.29, 1.82) is 0 Å². The Hall–Kier alpha value is -2.14. The number of furan rings is 1. The summed E-state index contributed by atoms with van der Waals surface area (Å²) in [5.74, 6) is 1.41. The Bertz CT molecular complexity index is 594. The smallest absolute Gasteiger partial charge is 0.240 e. The van der Waals surface area contributed by atoms with E-state index in [9.17, 15) is 0 Å². The van der Waals surface area contributed by atoms with Crippen LogP contribution in [0.4, 0.5) is 0 Å². The summed E-state index contributed by atoms with van der Waals surface area (Å²) in [5.41, 5.74) is 6.19.